The van der Waals surface area contributed by atoms with Crippen molar-refractivity contribution >= 4 is 0 Å². The summed E-state index contributed by atoms with van der Waals surface area (Å²) in [7, 11) is 3.43. The van der Waals surface area contributed by atoms with Crippen LogP contribution >= 0.6 is 0 Å². The number of aryl methyl sites for hydroxylation is 1. The molecule has 0 bridgehead atoms. The zero-order valence-electron chi connectivity index (χ0n) is 10.9. The van der Waals surface area contributed by atoms with Crippen LogP contribution in [0.1, 0.15) is 29.9 Å². The van der Waals surface area contributed by atoms with Crippen LogP contribution in [0.4, 0.5) is 0 Å². The Morgan fingerprint density at radius 3 is 2.29 bits per heavy atom. The predicted molar refractivity (Wildman–Crippen MR) is 69.1 cm³/mol. The van der Waals surface area contributed by atoms with E-state index in [-0.39, 0.29) is 0 Å². The second kappa shape index (κ2) is 5.41. The number of methoxy groups -OCH3 is 2. The zero-order valence-corrected chi connectivity index (χ0v) is 10.9. The summed E-state index contributed by atoms with van der Waals surface area (Å²) in [5.74, 6) is 2.38. The first-order valence-corrected chi connectivity index (χ1v) is 6.20. The molecule has 0 spiro atoms. The molecule has 1 aromatic rings. The highest BCUT2D eigenvalue weighted by Crippen LogP contribution is 2.40. The maximum atomic E-state index is 5.56. The highest BCUT2D eigenvalue weighted by molar-refractivity contribution is 5.52. The Labute approximate surface area is 103 Å². The molecule has 0 aliphatic carbocycles. The van der Waals surface area contributed by atoms with E-state index in [2.05, 4.69) is 17.4 Å². The van der Waals surface area contributed by atoms with Gasteiger partial charge in [0.05, 0.1) is 14.2 Å². The van der Waals surface area contributed by atoms with E-state index >= 15 is 0 Å². The predicted octanol–water partition coefficient (Wildman–Crippen LogP) is 2.48. The van der Waals surface area contributed by atoms with E-state index in [1.165, 1.54) is 18.4 Å². The van der Waals surface area contributed by atoms with Crippen LogP contribution in [0.5, 0.6) is 11.5 Å². The maximum Gasteiger partial charge on any atom is 0.164 e. The number of nitrogens with one attached hydrogen (secondary N) is 1. The molecule has 17 heavy (non-hydrogen) atoms. The summed E-state index contributed by atoms with van der Waals surface area (Å²) in [6.45, 7) is 4.22. The molecule has 1 aromatic carbocycles. The van der Waals surface area contributed by atoms with Crippen molar-refractivity contribution in [2.24, 2.45) is 0 Å². The van der Waals surface area contributed by atoms with E-state index < -0.39 is 0 Å². The maximum absolute atomic E-state index is 5.56. The molecule has 94 valence electrons. The summed E-state index contributed by atoms with van der Waals surface area (Å²) < 4.78 is 11.0. The van der Waals surface area contributed by atoms with Crippen LogP contribution in [0.25, 0.3) is 0 Å². The molecule has 0 amide bonds. The van der Waals surface area contributed by atoms with Crippen LogP contribution in [0.15, 0.2) is 12.1 Å². The lowest BCUT2D eigenvalue weighted by atomic mass is 9.88. The van der Waals surface area contributed by atoms with Gasteiger partial charge in [0.25, 0.3) is 0 Å². The average molecular weight is 235 g/mol. The van der Waals surface area contributed by atoms with Crippen molar-refractivity contribution in [2.75, 3.05) is 27.3 Å². The summed E-state index contributed by atoms with van der Waals surface area (Å²) in [6, 6.07) is 4.31. The van der Waals surface area contributed by atoms with Gasteiger partial charge in [-0.1, -0.05) is 12.1 Å². The Morgan fingerprint density at radius 1 is 1.06 bits per heavy atom. The van der Waals surface area contributed by atoms with Gasteiger partial charge in [-0.3, -0.25) is 0 Å². The molecule has 1 fully saturated rings. The van der Waals surface area contributed by atoms with E-state index in [9.17, 15) is 0 Å². The number of rotatable bonds is 3. The summed E-state index contributed by atoms with van der Waals surface area (Å²) in [5.41, 5.74) is 2.42. The van der Waals surface area contributed by atoms with Gasteiger partial charge in [-0.05, 0) is 44.3 Å². The second-order valence-corrected chi connectivity index (χ2v) is 4.56. The van der Waals surface area contributed by atoms with Gasteiger partial charge in [0.1, 0.15) is 0 Å². The lowest BCUT2D eigenvalue weighted by Crippen LogP contribution is -2.26. The van der Waals surface area contributed by atoms with Crippen LogP contribution in [-0.2, 0) is 0 Å². The Hall–Kier alpha value is -1.22. The number of piperidine rings is 1. The molecule has 0 aromatic heterocycles. The Bertz CT molecular complexity index is 384. The summed E-state index contributed by atoms with van der Waals surface area (Å²) in [5, 5.41) is 3.39. The van der Waals surface area contributed by atoms with Gasteiger partial charge in [0, 0.05) is 5.56 Å². The van der Waals surface area contributed by atoms with E-state index in [4.69, 9.17) is 9.47 Å². The van der Waals surface area contributed by atoms with Crippen LogP contribution in [0.2, 0.25) is 0 Å². The fourth-order valence-corrected chi connectivity index (χ4v) is 2.59. The molecule has 1 aliphatic rings. The molecule has 0 atom stereocenters. The largest absolute Gasteiger partial charge is 0.493 e. The van der Waals surface area contributed by atoms with E-state index in [1.54, 1.807) is 14.2 Å². The van der Waals surface area contributed by atoms with Crippen LogP contribution in [-0.4, -0.2) is 27.3 Å². The molecular formula is C14H21NO2. The molecule has 0 radical (unpaired) electrons. The number of ether oxygens (including phenoxy) is 2. The Morgan fingerprint density at radius 2 is 1.71 bits per heavy atom. The Balaban J connectivity index is 2.38. The average Bonchev–Trinajstić information content (AvgIpc) is 2.39. The van der Waals surface area contributed by atoms with Gasteiger partial charge in [-0.25, -0.2) is 0 Å². The fraction of sp³-hybridized carbons (Fsp3) is 0.571. The van der Waals surface area contributed by atoms with Crippen molar-refractivity contribution in [3.8, 4) is 11.5 Å². The molecule has 1 N–H and O–H groups in total. The minimum atomic E-state index is 0.584. The van der Waals surface area contributed by atoms with Crippen molar-refractivity contribution in [3.63, 3.8) is 0 Å². The molecular weight excluding hydrogens is 214 g/mol. The topological polar surface area (TPSA) is 30.5 Å². The lowest BCUT2D eigenvalue weighted by molar-refractivity contribution is 0.342. The standard InChI is InChI=1S/C14H21NO2/c1-10-4-5-12(11-6-8-15-9-7-11)14(17-3)13(10)16-2/h4-5,11,15H,6-9H2,1-3H3. The third-order valence-corrected chi connectivity index (χ3v) is 3.53. The molecule has 1 aliphatic heterocycles. The normalized spacial score (nSPS) is 16.9. The minimum Gasteiger partial charge on any atom is -0.493 e. The molecule has 3 heteroatoms. The highest BCUT2D eigenvalue weighted by Gasteiger charge is 2.22. The first kappa shape index (κ1) is 12.2. The summed E-state index contributed by atoms with van der Waals surface area (Å²) >= 11 is 0. The third kappa shape index (κ3) is 2.39. The SMILES string of the molecule is COc1c(C)ccc(C2CCNCC2)c1OC. The van der Waals surface area contributed by atoms with Crippen LogP contribution in [0.3, 0.4) is 0 Å². The van der Waals surface area contributed by atoms with Crippen molar-refractivity contribution in [1.82, 2.24) is 5.32 Å². The third-order valence-electron chi connectivity index (χ3n) is 3.53. The van der Waals surface area contributed by atoms with Gasteiger partial charge in [-0.2, -0.15) is 0 Å². The van der Waals surface area contributed by atoms with Gasteiger partial charge >= 0.3 is 0 Å². The molecule has 2 rings (SSSR count). The van der Waals surface area contributed by atoms with Crippen LogP contribution in [0, 0.1) is 6.92 Å². The molecule has 0 unspecified atom stereocenters. The van der Waals surface area contributed by atoms with Gasteiger partial charge in [-0.15, -0.1) is 0 Å². The van der Waals surface area contributed by atoms with E-state index in [1.807, 2.05) is 6.92 Å². The molecule has 3 nitrogen and oxygen atoms in total. The smallest absolute Gasteiger partial charge is 0.164 e. The Kier molecular flexibility index (Phi) is 3.89. The minimum absolute atomic E-state index is 0.584. The second-order valence-electron chi connectivity index (χ2n) is 4.56. The van der Waals surface area contributed by atoms with E-state index in [0.717, 1.165) is 30.2 Å². The summed E-state index contributed by atoms with van der Waals surface area (Å²) in [4.78, 5) is 0. The zero-order chi connectivity index (χ0) is 12.3. The number of hydrogen-bond donors (Lipinski definition) is 1. The van der Waals surface area contributed by atoms with Crippen molar-refractivity contribution in [1.29, 1.82) is 0 Å². The number of hydrogen-bond acceptors (Lipinski definition) is 3. The molecule has 0 saturated carbocycles. The van der Waals surface area contributed by atoms with Crippen molar-refractivity contribution < 1.29 is 9.47 Å². The lowest BCUT2D eigenvalue weighted by Gasteiger charge is -2.25. The van der Waals surface area contributed by atoms with Crippen LogP contribution < -0.4 is 14.8 Å². The summed E-state index contributed by atoms with van der Waals surface area (Å²) in [6.07, 6.45) is 2.34. The van der Waals surface area contributed by atoms with Gasteiger partial charge < -0.3 is 14.8 Å². The van der Waals surface area contributed by atoms with Gasteiger partial charge in [0.2, 0.25) is 0 Å². The van der Waals surface area contributed by atoms with Crippen molar-refractivity contribution in [3.05, 3.63) is 23.3 Å². The van der Waals surface area contributed by atoms with E-state index in [0.29, 0.717) is 5.92 Å². The highest BCUT2D eigenvalue weighted by atomic mass is 16.5. The van der Waals surface area contributed by atoms with Gasteiger partial charge in [0.15, 0.2) is 11.5 Å². The fourth-order valence-electron chi connectivity index (χ4n) is 2.59. The first-order chi connectivity index (χ1) is 8.27. The first-order valence-electron chi connectivity index (χ1n) is 6.20. The molecule has 1 heterocycles. The molecule has 1 saturated heterocycles. The quantitative estimate of drug-likeness (QED) is 0.873. The number of benzene rings is 1. The van der Waals surface area contributed by atoms with Crippen molar-refractivity contribution in [2.45, 2.75) is 25.7 Å². The monoisotopic (exact) mass is 235 g/mol.